The number of ether oxygens (including phenoxy) is 2. The summed E-state index contributed by atoms with van der Waals surface area (Å²) < 4.78 is 12.6. The van der Waals surface area contributed by atoms with Crippen molar-refractivity contribution in [2.75, 3.05) is 0 Å². The maximum absolute atomic E-state index is 10.4. The third-order valence-corrected chi connectivity index (χ3v) is 6.95. The summed E-state index contributed by atoms with van der Waals surface area (Å²) in [5.74, 6) is -2.31. The normalized spacial score (nSPS) is 30.6. The topological polar surface area (TPSA) is 114 Å². The van der Waals surface area contributed by atoms with Crippen molar-refractivity contribution in [3.05, 3.63) is 35.9 Å². The molecule has 2 aliphatic rings. The largest absolute Gasteiger partial charge is 0.443 e. The van der Waals surface area contributed by atoms with E-state index in [-0.39, 0.29) is 5.90 Å². The van der Waals surface area contributed by atoms with E-state index in [4.69, 9.17) is 14.9 Å². The predicted molar refractivity (Wildman–Crippen MR) is 115 cm³/mol. The van der Waals surface area contributed by atoms with E-state index >= 15 is 0 Å². The van der Waals surface area contributed by atoms with E-state index in [0.29, 0.717) is 18.4 Å². The molecule has 4 unspecified atom stereocenters. The standard InChI is InChI=1S/C25H30N4O2/c1-3-5-6-7-8-12-15-21-23(16-26,17-27)24(18-28)20(4-2)25(30-21,31-22(24)29)19-13-10-9-11-14-19/h9-11,13-14,20-21,29H,3-8,12,15H2,1-2H3. The average Bonchev–Trinajstić information content (AvgIpc) is 3.01. The molecule has 6 nitrogen and oxygen atoms in total. The molecule has 1 aromatic carbocycles. The zero-order chi connectivity index (χ0) is 22.5. The van der Waals surface area contributed by atoms with Gasteiger partial charge in [-0.3, -0.25) is 5.41 Å². The van der Waals surface area contributed by atoms with E-state index in [1.165, 1.54) is 12.8 Å². The van der Waals surface area contributed by atoms with Gasteiger partial charge in [-0.05, 0) is 12.8 Å². The molecule has 6 heteroatoms. The number of fused-ring (bicyclic) bond motifs is 2. The van der Waals surface area contributed by atoms with Crippen molar-refractivity contribution in [1.29, 1.82) is 21.2 Å². The van der Waals surface area contributed by atoms with Crippen molar-refractivity contribution >= 4 is 5.90 Å². The molecule has 1 aromatic rings. The van der Waals surface area contributed by atoms with Gasteiger partial charge in [-0.2, -0.15) is 15.8 Å². The summed E-state index contributed by atoms with van der Waals surface area (Å²) in [5, 5.41) is 39.5. The highest BCUT2D eigenvalue weighted by atomic mass is 16.7. The molecule has 2 aliphatic heterocycles. The van der Waals surface area contributed by atoms with Crippen LogP contribution in [0.1, 0.15) is 70.8 Å². The molecule has 162 valence electrons. The van der Waals surface area contributed by atoms with E-state index < -0.39 is 28.6 Å². The van der Waals surface area contributed by atoms with E-state index in [0.717, 1.165) is 25.7 Å². The highest BCUT2D eigenvalue weighted by molar-refractivity contribution is 5.89. The number of benzene rings is 1. The molecule has 0 aliphatic carbocycles. The second-order valence-corrected chi connectivity index (χ2v) is 8.54. The molecule has 1 N–H and O–H groups in total. The number of unbranched alkanes of at least 4 members (excludes halogenated alkanes) is 5. The second-order valence-electron chi connectivity index (χ2n) is 8.54. The van der Waals surface area contributed by atoms with Crippen LogP contribution in [-0.2, 0) is 15.3 Å². The molecule has 4 atom stereocenters. The quantitative estimate of drug-likeness (QED) is 0.527. The Bertz CT molecular complexity index is 912. The summed E-state index contributed by atoms with van der Waals surface area (Å²) in [6, 6.07) is 15.8. The Morgan fingerprint density at radius 2 is 1.58 bits per heavy atom. The Morgan fingerprint density at radius 3 is 2.16 bits per heavy atom. The highest BCUT2D eigenvalue weighted by Gasteiger charge is 2.79. The molecule has 0 spiro atoms. The molecule has 2 saturated heterocycles. The van der Waals surface area contributed by atoms with Crippen LogP contribution in [-0.4, -0.2) is 12.0 Å². The first-order chi connectivity index (χ1) is 15.0. The summed E-state index contributed by atoms with van der Waals surface area (Å²) in [6.07, 6.45) is 6.45. The third-order valence-electron chi connectivity index (χ3n) is 6.95. The van der Waals surface area contributed by atoms with Gasteiger partial charge in [-0.15, -0.1) is 0 Å². The van der Waals surface area contributed by atoms with Crippen molar-refractivity contribution in [3.8, 4) is 18.2 Å². The summed E-state index contributed by atoms with van der Waals surface area (Å²) in [6.45, 7) is 4.05. The van der Waals surface area contributed by atoms with Crippen LogP contribution in [0.4, 0.5) is 0 Å². The monoisotopic (exact) mass is 418 g/mol. The number of rotatable bonds is 9. The first-order valence-corrected chi connectivity index (χ1v) is 11.3. The van der Waals surface area contributed by atoms with E-state index in [1.807, 2.05) is 37.3 Å². The molecule has 3 rings (SSSR count). The number of nitrogens with one attached hydrogen (secondary N) is 1. The smallest absolute Gasteiger partial charge is 0.244 e. The Kier molecular flexibility index (Phi) is 6.68. The minimum Gasteiger partial charge on any atom is -0.443 e. The Morgan fingerprint density at radius 1 is 0.935 bits per heavy atom. The van der Waals surface area contributed by atoms with Crippen LogP contribution in [0.3, 0.4) is 0 Å². The number of hydrogen-bond donors (Lipinski definition) is 1. The van der Waals surface area contributed by atoms with Gasteiger partial charge in [0.1, 0.15) is 0 Å². The molecule has 0 saturated carbocycles. The van der Waals surface area contributed by atoms with Gasteiger partial charge in [0.25, 0.3) is 0 Å². The van der Waals surface area contributed by atoms with E-state index in [2.05, 4.69) is 25.1 Å². The summed E-state index contributed by atoms with van der Waals surface area (Å²) in [4.78, 5) is 0. The van der Waals surface area contributed by atoms with Crippen molar-refractivity contribution in [3.63, 3.8) is 0 Å². The predicted octanol–water partition coefficient (Wildman–Crippen LogP) is 5.57. The lowest BCUT2D eigenvalue weighted by Crippen LogP contribution is -2.61. The van der Waals surface area contributed by atoms with Crippen molar-refractivity contribution in [2.45, 2.75) is 77.1 Å². The maximum Gasteiger partial charge on any atom is 0.244 e. The number of nitrogens with zero attached hydrogens (tertiary/aromatic N) is 3. The summed E-state index contributed by atoms with van der Waals surface area (Å²) >= 11 is 0. The average molecular weight is 419 g/mol. The molecule has 2 fully saturated rings. The van der Waals surface area contributed by atoms with Crippen molar-refractivity contribution in [1.82, 2.24) is 0 Å². The Labute approximate surface area is 184 Å². The number of hydrogen-bond acceptors (Lipinski definition) is 6. The number of nitriles is 3. The first-order valence-electron chi connectivity index (χ1n) is 11.3. The zero-order valence-electron chi connectivity index (χ0n) is 18.4. The molecule has 2 bridgehead atoms. The van der Waals surface area contributed by atoms with Crippen LogP contribution in [0.5, 0.6) is 0 Å². The highest BCUT2D eigenvalue weighted by Crippen LogP contribution is 2.67. The molecule has 0 amide bonds. The minimum absolute atomic E-state index is 0.334. The molecule has 0 aromatic heterocycles. The molecule has 2 heterocycles. The molecule has 31 heavy (non-hydrogen) atoms. The van der Waals surface area contributed by atoms with Crippen LogP contribution in [0.25, 0.3) is 0 Å². The van der Waals surface area contributed by atoms with E-state index in [9.17, 15) is 15.8 Å². The SMILES string of the molecule is CCCCCCCCC1OC2(c3ccccc3)OC(=N)C(C#N)(C2CC)C1(C#N)C#N. The fourth-order valence-electron chi connectivity index (χ4n) is 5.38. The van der Waals surface area contributed by atoms with Gasteiger partial charge < -0.3 is 9.47 Å². The lowest BCUT2D eigenvalue weighted by Gasteiger charge is -2.49. The van der Waals surface area contributed by atoms with Crippen LogP contribution in [0.2, 0.25) is 0 Å². The minimum atomic E-state index is -1.79. The van der Waals surface area contributed by atoms with Crippen LogP contribution >= 0.6 is 0 Å². The fraction of sp³-hybridized carbons (Fsp3) is 0.600. The van der Waals surface area contributed by atoms with Crippen LogP contribution in [0, 0.1) is 56.2 Å². The summed E-state index contributed by atoms with van der Waals surface area (Å²) in [7, 11) is 0. The van der Waals surface area contributed by atoms with Gasteiger partial charge in [0, 0.05) is 5.56 Å². The van der Waals surface area contributed by atoms with Crippen LogP contribution < -0.4 is 0 Å². The summed E-state index contributed by atoms with van der Waals surface area (Å²) in [5.41, 5.74) is -2.76. The molecular formula is C25H30N4O2. The van der Waals surface area contributed by atoms with Crippen molar-refractivity contribution < 1.29 is 9.47 Å². The third kappa shape index (κ3) is 3.20. The first kappa shape index (κ1) is 22.8. The van der Waals surface area contributed by atoms with Gasteiger partial charge in [-0.1, -0.05) is 82.7 Å². The van der Waals surface area contributed by atoms with Gasteiger partial charge >= 0.3 is 0 Å². The molecule has 0 radical (unpaired) electrons. The van der Waals surface area contributed by atoms with Crippen molar-refractivity contribution in [2.24, 2.45) is 16.7 Å². The maximum atomic E-state index is 10.4. The van der Waals surface area contributed by atoms with Gasteiger partial charge in [0.2, 0.25) is 11.7 Å². The van der Waals surface area contributed by atoms with Gasteiger partial charge in [-0.25, -0.2) is 0 Å². The Balaban J connectivity index is 2.05. The zero-order valence-corrected chi connectivity index (χ0v) is 18.4. The fourth-order valence-corrected chi connectivity index (χ4v) is 5.38. The van der Waals surface area contributed by atoms with Gasteiger partial charge in [0.15, 0.2) is 10.8 Å². The molecular weight excluding hydrogens is 388 g/mol. The Hall–Kier alpha value is -2.88. The lowest BCUT2D eigenvalue weighted by molar-refractivity contribution is -0.290. The van der Waals surface area contributed by atoms with Gasteiger partial charge in [0.05, 0.1) is 30.2 Å². The van der Waals surface area contributed by atoms with Crippen LogP contribution in [0.15, 0.2) is 30.3 Å². The second kappa shape index (κ2) is 9.09. The lowest BCUT2D eigenvalue weighted by atomic mass is 9.52. The van der Waals surface area contributed by atoms with E-state index in [1.54, 1.807) is 0 Å².